The summed E-state index contributed by atoms with van der Waals surface area (Å²) in [6, 6.07) is -0.172. The quantitative estimate of drug-likeness (QED) is 0.720. The van der Waals surface area contributed by atoms with Crippen LogP contribution in [0, 0.1) is 11.8 Å². The molecule has 0 saturated carbocycles. The molecule has 1 amide bonds. The first-order valence-corrected chi connectivity index (χ1v) is 5.59. The van der Waals surface area contributed by atoms with Crippen LogP contribution in [-0.2, 0) is 9.53 Å². The minimum Gasteiger partial charge on any atom is -0.394 e. The van der Waals surface area contributed by atoms with Crippen molar-refractivity contribution in [1.82, 2.24) is 5.32 Å². The number of rotatable bonds is 4. The molecule has 1 fully saturated rings. The molecule has 0 spiro atoms. The van der Waals surface area contributed by atoms with Gasteiger partial charge in [-0.1, -0.05) is 20.8 Å². The molecule has 0 aromatic rings. The summed E-state index contributed by atoms with van der Waals surface area (Å²) in [5.74, 6) is 0.417. The number of aliphatic hydroxyl groups excluding tert-OH is 1. The van der Waals surface area contributed by atoms with Gasteiger partial charge in [-0.3, -0.25) is 4.79 Å². The standard InChI is InChI=1S/C11H21NO3/c1-7(2)9(6-13)12-11(14)10-8(3)4-5-15-10/h7-10,13H,4-6H2,1-3H3,(H,12,14). The fourth-order valence-corrected chi connectivity index (χ4v) is 1.72. The topological polar surface area (TPSA) is 58.6 Å². The van der Waals surface area contributed by atoms with Crippen LogP contribution in [0.1, 0.15) is 27.2 Å². The summed E-state index contributed by atoms with van der Waals surface area (Å²) >= 11 is 0. The molecule has 3 atom stereocenters. The molecule has 0 radical (unpaired) electrons. The highest BCUT2D eigenvalue weighted by molar-refractivity contribution is 5.81. The van der Waals surface area contributed by atoms with Crippen LogP contribution in [0.15, 0.2) is 0 Å². The van der Waals surface area contributed by atoms with Crippen molar-refractivity contribution in [2.24, 2.45) is 11.8 Å². The van der Waals surface area contributed by atoms with Crippen molar-refractivity contribution in [2.75, 3.05) is 13.2 Å². The van der Waals surface area contributed by atoms with Crippen LogP contribution in [0.5, 0.6) is 0 Å². The van der Waals surface area contributed by atoms with Gasteiger partial charge in [0.15, 0.2) is 0 Å². The van der Waals surface area contributed by atoms with Crippen LogP contribution in [0.2, 0.25) is 0 Å². The van der Waals surface area contributed by atoms with Crippen LogP contribution in [0.4, 0.5) is 0 Å². The smallest absolute Gasteiger partial charge is 0.249 e. The van der Waals surface area contributed by atoms with E-state index in [1.165, 1.54) is 0 Å². The van der Waals surface area contributed by atoms with Gasteiger partial charge in [0, 0.05) is 6.61 Å². The zero-order valence-electron chi connectivity index (χ0n) is 9.69. The summed E-state index contributed by atoms with van der Waals surface area (Å²) in [6.07, 6.45) is 0.599. The number of nitrogens with one attached hydrogen (secondary N) is 1. The van der Waals surface area contributed by atoms with Gasteiger partial charge in [0.05, 0.1) is 12.6 Å². The lowest BCUT2D eigenvalue weighted by atomic mass is 10.0. The second-order valence-corrected chi connectivity index (χ2v) is 4.60. The Balaban J connectivity index is 2.46. The molecule has 1 aliphatic rings. The lowest BCUT2D eigenvalue weighted by Crippen LogP contribution is -2.47. The predicted molar refractivity (Wildman–Crippen MR) is 57.4 cm³/mol. The van der Waals surface area contributed by atoms with Crippen molar-refractivity contribution in [3.8, 4) is 0 Å². The molecule has 15 heavy (non-hydrogen) atoms. The maximum absolute atomic E-state index is 11.8. The van der Waals surface area contributed by atoms with E-state index in [-0.39, 0.29) is 36.5 Å². The molecule has 1 aliphatic heterocycles. The molecule has 4 heteroatoms. The Hall–Kier alpha value is -0.610. The zero-order chi connectivity index (χ0) is 11.4. The highest BCUT2D eigenvalue weighted by Crippen LogP contribution is 2.20. The molecule has 0 aromatic carbocycles. The zero-order valence-corrected chi connectivity index (χ0v) is 9.69. The maximum Gasteiger partial charge on any atom is 0.249 e. The molecule has 1 rings (SSSR count). The van der Waals surface area contributed by atoms with Gasteiger partial charge in [0.2, 0.25) is 5.91 Å². The van der Waals surface area contributed by atoms with Gasteiger partial charge in [-0.25, -0.2) is 0 Å². The van der Waals surface area contributed by atoms with Crippen LogP contribution in [0.25, 0.3) is 0 Å². The predicted octanol–water partition coefficient (Wildman–Crippen LogP) is 0.544. The average molecular weight is 215 g/mol. The lowest BCUT2D eigenvalue weighted by molar-refractivity contribution is -0.132. The van der Waals surface area contributed by atoms with Gasteiger partial charge in [-0.2, -0.15) is 0 Å². The Kier molecular flexibility index (Phi) is 4.54. The van der Waals surface area contributed by atoms with Crippen LogP contribution < -0.4 is 5.32 Å². The number of amides is 1. The summed E-state index contributed by atoms with van der Waals surface area (Å²) < 4.78 is 5.36. The first kappa shape index (κ1) is 12.5. The summed E-state index contributed by atoms with van der Waals surface area (Å²) in [4.78, 5) is 11.8. The van der Waals surface area contributed by atoms with Gasteiger partial charge in [-0.15, -0.1) is 0 Å². The van der Waals surface area contributed by atoms with E-state index in [4.69, 9.17) is 9.84 Å². The molecule has 0 aliphatic carbocycles. The normalized spacial score (nSPS) is 28.1. The third kappa shape index (κ3) is 3.18. The van der Waals surface area contributed by atoms with E-state index in [9.17, 15) is 4.79 Å². The van der Waals surface area contributed by atoms with E-state index >= 15 is 0 Å². The summed E-state index contributed by atoms with van der Waals surface area (Å²) in [6.45, 7) is 6.59. The molecule has 0 aromatic heterocycles. The molecule has 0 bridgehead atoms. The Labute approximate surface area is 91.0 Å². The van der Waals surface area contributed by atoms with E-state index in [0.29, 0.717) is 6.61 Å². The molecule has 88 valence electrons. The molecule has 1 heterocycles. The Bertz CT molecular complexity index is 218. The number of carbonyl (C=O) groups is 1. The largest absolute Gasteiger partial charge is 0.394 e. The average Bonchev–Trinajstić information content (AvgIpc) is 2.60. The molecule has 1 saturated heterocycles. The van der Waals surface area contributed by atoms with Crippen molar-refractivity contribution < 1.29 is 14.6 Å². The Morgan fingerprint density at radius 1 is 1.60 bits per heavy atom. The minimum atomic E-state index is -0.335. The number of aliphatic hydroxyl groups is 1. The monoisotopic (exact) mass is 215 g/mol. The molecule has 4 nitrogen and oxygen atoms in total. The van der Waals surface area contributed by atoms with E-state index in [0.717, 1.165) is 6.42 Å². The second-order valence-electron chi connectivity index (χ2n) is 4.60. The number of hydrogen-bond donors (Lipinski definition) is 2. The van der Waals surface area contributed by atoms with E-state index < -0.39 is 0 Å². The number of carbonyl (C=O) groups excluding carboxylic acids is 1. The Morgan fingerprint density at radius 2 is 2.27 bits per heavy atom. The Morgan fingerprint density at radius 3 is 2.67 bits per heavy atom. The van der Waals surface area contributed by atoms with Crippen molar-refractivity contribution in [3.05, 3.63) is 0 Å². The van der Waals surface area contributed by atoms with E-state index in [1.54, 1.807) is 0 Å². The third-order valence-corrected chi connectivity index (χ3v) is 2.97. The van der Waals surface area contributed by atoms with Gasteiger partial charge >= 0.3 is 0 Å². The molecular formula is C11H21NO3. The lowest BCUT2D eigenvalue weighted by Gasteiger charge is -2.23. The molecular weight excluding hydrogens is 194 g/mol. The number of hydrogen-bond acceptors (Lipinski definition) is 3. The van der Waals surface area contributed by atoms with Crippen LogP contribution >= 0.6 is 0 Å². The van der Waals surface area contributed by atoms with Crippen molar-refractivity contribution in [3.63, 3.8) is 0 Å². The fourth-order valence-electron chi connectivity index (χ4n) is 1.72. The fraction of sp³-hybridized carbons (Fsp3) is 0.909. The first-order valence-electron chi connectivity index (χ1n) is 5.59. The van der Waals surface area contributed by atoms with Crippen molar-refractivity contribution in [2.45, 2.75) is 39.3 Å². The number of ether oxygens (including phenoxy) is 1. The summed E-state index contributed by atoms with van der Waals surface area (Å²) in [5.41, 5.74) is 0. The van der Waals surface area contributed by atoms with Crippen molar-refractivity contribution in [1.29, 1.82) is 0 Å². The molecule has 3 unspecified atom stereocenters. The summed E-state index contributed by atoms with van der Waals surface area (Å²) in [5, 5.41) is 11.9. The highest BCUT2D eigenvalue weighted by Gasteiger charge is 2.32. The van der Waals surface area contributed by atoms with Crippen molar-refractivity contribution >= 4 is 5.91 Å². The third-order valence-electron chi connectivity index (χ3n) is 2.97. The molecule has 2 N–H and O–H groups in total. The summed E-state index contributed by atoms with van der Waals surface area (Å²) in [7, 11) is 0. The van der Waals surface area contributed by atoms with E-state index in [1.807, 2.05) is 20.8 Å². The van der Waals surface area contributed by atoms with Crippen LogP contribution in [0.3, 0.4) is 0 Å². The highest BCUT2D eigenvalue weighted by atomic mass is 16.5. The van der Waals surface area contributed by atoms with Crippen LogP contribution in [-0.4, -0.2) is 36.4 Å². The van der Waals surface area contributed by atoms with Gasteiger partial charge < -0.3 is 15.2 Å². The second kappa shape index (κ2) is 5.47. The maximum atomic E-state index is 11.8. The van der Waals surface area contributed by atoms with Gasteiger partial charge in [0.1, 0.15) is 6.10 Å². The first-order chi connectivity index (χ1) is 7.06. The van der Waals surface area contributed by atoms with E-state index in [2.05, 4.69) is 5.32 Å². The SMILES string of the molecule is CC(C)C(CO)NC(=O)C1OCCC1C. The van der Waals surface area contributed by atoms with Gasteiger partial charge in [0.25, 0.3) is 0 Å². The van der Waals surface area contributed by atoms with Gasteiger partial charge in [-0.05, 0) is 18.3 Å². The minimum absolute atomic E-state index is 0.0233.